The molecule has 0 bridgehead atoms. The molecule has 0 spiro atoms. The number of H-pyrrole nitrogens is 1. The van der Waals surface area contributed by atoms with Crippen LogP contribution in [0.15, 0.2) is 30.3 Å². The van der Waals surface area contributed by atoms with E-state index in [0.717, 1.165) is 28.4 Å². The van der Waals surface area contributed by atoms with Gasteiger partial charge < -0.3 is 14.6 Å². The zero-order chi connectivity index (χ0) is 14.7. The summed E-state index contributed by atoms with van der Waals surface area (Å²) in [4.78, 5) is 17.4. The molecule has 0 aliphatic rings. The number of aromatic nitrogens is 1. The number of likely N-dealkylation sites (N-methyl/N-ethyl adjacent to an activating group) is 1. The Hall–Kier alpha value is -2.23. The van der Waals surface area contributed by atoms with Crippen LogP contribution in [0, 0.1) is 13.8 Å². The monoisotopic (exact) mass is 272 g/mol. The van der Waals surface area contributed by atoms with Gasteiger partial charge in [-0.3, -0.25) is 4.79 Å². The third-order valence-electron chi connectivity index (χ3n) is 3.32. The van der Waals surface area contributed by atoms with E-state index in [1.54, 1.807) is 7.11 Å². The number of hydrogen-bond acceptors (Lipinski definition) is 3. The third kappa shape index (κ3) is 3.02. The first-order chi connectivity index (χ1) is 9.51. The molecule has 1 heterocycles. The molecule has 2 rings (SSSR count). The Morgan fingerprint density at radius 2 is 2.05 bits per heavy atom. The number of carbonyl (C=O) groups is 1. The van der Waals surface area contributed by atoms with Gasteiger partial charge in [0.15, 0.2) is 5.78 Å². The highest BCUT2D eigenvalue weighted by atomic mass is 16.5. The lowest BCUT2D eigenvalue weighted by Crippen LogP contribution is -2.25. The van der Waals surface area contributed by atoms with E-state index in [0.29, 0.717) is 6.54 Å². The van der Waals surface area contributed by atoms with Crippen molar-refractivity contribution >= 4 is 11.5 Å². The second kappa shape index (κ2) is 5.82. The molecule has 0 radical (unpaired) electrons. The Morgan fingerprint density at radius 3 is 2.65 bits per heavy atom. The first-order valence-electron chi connectivity index (χ1n) is 6.56. The Kier molecular flexibility index (Phi) is 4.13. The standard InChI is InChI=1S/C16H20N2O2/c1-11-8-15(12(2)17-11)16(19)10-18(3)13-6-5-7-14(9-13)20-4/h5-9,17H,10H2,1-4H3. The lowest BCUT2D eigenvalue weighted by atomic mass is 10.1. The average molecular weight is 272 g/mol. The summed E-state index contributed by atoms with van der Waals surface area (Å²) in [5, 5.41) is 0. The molecule has 0 aliphatic heterocycles. The fraction of sp³-hybridized carbons (Fsp3) is 0.312. The van der Waals surface area contributed by atoms with Crippen molar-refractivity contribution in [2.24, 2.45) is 0 Å². The van der Waals surface area contributed by atoms with Crippen LogP contribution in [0.4, 0.5) is 5.69 Å². The van der Waals surface area contributed by atoms with Crippen molar-refractivity contribution in [2.45, 2.75) is 13.8 Å². The number of hydrogen-bond donors (Lipinski definition) is 1. The maximum Gasteiger partial charge on any atom is 0.183 e. The number of benzene rings is 1. The number of aromatic amines is 1. The lowest BCUT2D eigenvalue weighted by molar-refractivity contribution is 0.1000. The first kappa shape index (κ1) is 14.2. The number of ether oxygens (including phenoxy) is 1. The largest absolute Gasteiger partial charge is 0.497 e. The van der Waals surface area contributed by atoms with E-state index in [-0.39, 0.29) is 5.78 Å². The second-order valence-electron chi connectivity index (χ2n) is 4.97. The van der Waals surface area contributed by atoms with Gasteiger partial charge in [0.2, 0.25) is 0 Å². The van der Waals surface area contributed by atoms with Crippen molar-refractivity contribution in [1.29, 1.82) is 0 Å². The molecule has 0 amide bonds. The number of nitrogens with zero attached hydrogens (tertiary/aromatic N) is 1. The molecule has 1 aromatic carbocycles. The smallest absolute Gasteiger partial charge is 0.183 e. The van der Waals surface area contributed by atoms with Crippen LogP contribution in [-0.2, 0) is 0 Å². The fourth-order valence-electron chi connectivity index (χ4n) is 2.25. The highest BCUT2D eigenvalue weighted by Gasteiger charge is 2.14. The molecule has 0 atom stereocenters. The number of rotatable bonds is 5. The molecule has 4 heteroatoms. The number of nitrogens with one attached hydrogen (secondary N) is 1. The molecule has 20 heavy (non-hydrogen) atoms. The van der Waals surface area contributed by atoms with Crippen LogP contribution < -0.4 is 9.64 Å². The minimum Gasteiger partial charge on any atom is -0.497 e. The predicted molar refractivity (Wildman–Crippen MR) is 80.9 cm³/mol. The molecule has 0 saturated carbocycles. The Balaban J connectivity index is 2.12. The Bertz CT molecular complexity index is 617. The quantitative estimate of drug-likeness (QED) is 0.851. The number of Topliss-reactive ketones (excluding diaryl/α,β-unsaturated/α-hetero) is 1. The number of methoxy groups -OCH3 is 1. The summed E-state index contributed by atoms with van der Waals surface area (Å²) in [6, 6.07) is 9.59. The molecule has 0 fully saturated rings. The van der Waals surface area contributed by atoms with E-state index in [2.05, 4.69) is 4.98 Å². The highest BCUT2D eigenvalue weighted by molar-refractivity contribution is 6.00. The summed E-state index contributed by atoms with van der Waals surface area (Å²) >= 11 is 0. The number of aryl methyl sites for hydroxylation is 2. The van der Waals surface area contributed by atoms with E-state index in [1.807, 2.05) is 56.1 Å². The minimum absolute atomic E-state index is 0.108. The predicted octanol–water partition coefficient (Wildman–Crippen LogP) is 2.96. The molecular weight excluding hydrogens is 252 g/mol. The van der Waals surface area contributed by atoms with Crippen molar-refractivity contribution in [2.75, 3.05) is 25.6 Å². The van der Waals surface area contributed by atoms with E-state index in [1.165, 1.54) is 0 Å². The van der Waals surface area contributed by atoms with Crippen LogP contribution in [0.1, 0.15) is 21.7 Å². The summed E-state index contributed by atoms with van der Waals surface area (Å²) < 4.78 is 5.20. The van der Waals surface area contributed by atoms with Crippen LogP contribution in [0.2, 0.25) is 0 Å². The van der Waals surface area contributed by atoms with Crippen LogP contribution in [0.3, 0.4) is 0 Å². The second-order valence-corrected chi connectivity index (χ2v) is 4.97. The molecule has 106 valence electrons. The van der Waals surface area contributed by atoms with Gasteiger partial charge in [0, 0.05) is 35.8 Å². The van der Waals surface area contributed by atoms with Crippen LogP contribution in [0.5, 0.6) is 5.75 Å². The molecular formula is C16H20N2O2. The lowest BCUT2D eigenvalue weighted by Gasteiger charge is -2.19. The normalized spacial score (nSPS) is 10.4. The molecule has 2 aromatic rings. The zero-order valence-electron chi connectivity index (χ0n) is 12.4. The summed E-state index contributed by atoms with van der Waals surface area (Å²) in [7, 11) is 3.54. The zero-order valence-corrected chi connectivity index (χ0v) is 12.4. The minimum atomic E-state index is 0.108. The van der Waals surface area contributed by atoms with Gasteiger partial charge in [0.1, 0.15) is 5.75 Å². The fourth-order valence-corrected chi connectivity index (χ4v) is 2.25. The van der Waals surface area contributed by atoms with E-state index in [9.17, 15) is 4.79 Å². The van der Waals surface area contributed by atoms with Gasteiger partial charge in [-0.1, -0.05) is 6.07 Å². The van der Waals surface area contributed by atoms with Crippen molar-refractivity contribution in [3.05, 3.63) is 47.3 Å². The van der Waals surface area contributed by atoms with Crippen molar-refractivity contribution in [1.82, 2.24) is 4.98 Å². The van der Waals surface area contributed by atoms with Gasteiger partial charge in [0.25, 0.3) is 0 Å². The topological polar surface area (TPSA) is 45.3 Å². The van der Waals surface area contributed by atoms with Gasteiger partial charge in [-0.2, -0.15) is 0 Å². The summed E-state index contributed by atoms with van der Waals surface area (Å²) in [6.07, 6.45) is 0. The molecule has 4 nitrogen and oxygen atoms in total. The highest BCUT2D eigenvalue weighted by Crippen LogP contribution is 2.20. The van der Waals surface area contributed by atoms with E-state index in [4.69, 9.17) is 4.74 Å². The first-order valence-corrected chi connectivity index (χ1v) is 6.56. The van der Waals surface area contributed by atoms with E-state index >= 15 is 0 Å². The van der Waals surface area contributed by atoms with Crippen LogP contribution >= 0.6 is 0 Å². The Morgan fingerprint density at radius 1 is 1.30 bits per heavy atom. The van der Waals surface area contributed by atoms with Gasteiger partial charge in [-0.05, 0) is 32.0 Å². The maximum absolute atomic E-state index is 12.3. The van der Waals surface area contributed by atoms with E-state index < -0.39 is 0 Å². The number of anilines is 1. The van der Waals surface area contributed by atoms with Crippen molar-refractivity contribution < 1.29 is 9.53 Å². The van der Waals surface area contributed by atoms with Crippen molar-refractivity contribution in [3.63, 3.8) is 0 Å². The van der Waals surface area contributed by atoms with Crippen LogP contribution in [0.25, 0.3) is 0 Å². The van der Waals surface area contributed by atoms with Gasteiger partial charge in [0.05, 0.1) is 13.7 Å². The van der Waals surface area contributed by atoms with Gasteiger partial charge >= 0.3 is 0 Å². The number of carbonyl (C=O) groups excluding carboxylic acids is 1. The maximum atomic E-state index is 12.3. The van der Waals surface area contributed by atoms with Crippen molar-refractivity contribution in [3.8, 4) is 5.75 Å². The SMILES string of the molecule is COc1cccc(N(C)CC(=O)c2cc(C)[nH]c2C)c1. The summed E-state index contributed by atoms with van der Waals surface area (Å²) in [5.74, 6) is 0.896. The van der Waals surface area contributed by atoms with Gasteiger partial charge in [-0.25, -0.2) is 0 Å². The summed E-state index contributed by atoms with van der Waals surface area (Å²) in [6.45, 7) is 4.21. The Labute approximate surface area is 119 Å². The molecule has 0 saturated heterocycles. The third-order valence-corrected chi connectivity index (χ3v) is 3.32. The average Bonchev–Trinajstić information content (AvgIpc) is 2.77. The van der Waals surface area contributed by atoms with Crippen LogP contribution in [-0.4, -0.2) is 31.5 Å². The molecule has 1 N–H and O–H groups in total. The molecule has 0 aliphatic carbocycles. The number of ketones is 1. The summed E-state index contributed by atoms with van der Waals surface area (Å²) in [5.41, 5.74) is 3.65. The molecule has 1 aromatic heterocycles. The molecule has 0 unspecified atom stereocenters. The van der Waals surface area contributed by atoms with Gasteiger partial charge in [-0.15, -0.1) is 0 Å².